The molecule has 3 N–H and O–H groups in total. The van der Waals surface area contributed by atoms with E-state index in [4.69, 9.17) is 10.2 Å². The smallest absolute Gasteiger partial charge is 0.244 e. The van der Waals surface area contributed by atoms with Gasteiger partial charge in [0.1, 0.15) is 11.8 Å². The first-order chi connectivity index (χ1) is 10.1. The summed E-state index contributed by atoms with van der Waals surface area (Å²) in [5, 5.41) is 2.59. The van der Waals surface area contributed by atoms with Gasteiger partial charge in [0.25, 0.3) is 0 Å². The van der Waals surface area contributed by atoms with Gasteiger partial charge in [-0.15, -0.1) is 0 Å². The molecular weight excluding hydrogens is 268 g/mol. The zero-order valence-corrected chi connectivity index (χ0v) is 11.4. The van der Waals surface area contributed by atoms with Gasteiger partial charge in [-0.05, 0) is 23.8 Å². The summed E-state index contributed by atoms with van der Waals surface area (Å²) in [4.78, 5) is 23.2. The summed E-state index contributed by atoms with van der Waals surface area (Å²) in [6.07, 6.45) is 4.70. The van der Waals surface area contributed by atoms with Gasteiger partial charge in [-0.1, -0.05) is 30.3 Å². The molecule has 108 valence electrons. The number of benzene rings is 1. The van der Waals surface area contributed by atoms with Crippen molar-refractivity contribution in [2.75, 3.05) is 0 Å². The van der Waals surface area contributed by atoms with Gasteiger partial charge in [0.15, 0.2) is 0 Å². The second-order valence-electron chi connectivity index (χ2n) is 4.50. The topological polar surface area (TPSA) is 85.3 Å². The molecule has 0 spiro atoms. The number of carbonyl (C=O) groups is 2. The quantitative estimate of drug-likeness (QED) is 0.788. The standard InChI is InChI=1S/C16H16N2O3/c17-16(20)14(11-12-5-2-1-3-6-12)18-15(19)9-8-13-7-4-10-21-13/h1-10,14H,11H2,(H2,17,20)(H,18,19)/b9-8+/t14-/m0/s1. The largest absolute Gasteiger partial charge is 0.465 e. The zero-order chi connectivity index (χ0) is 15.1. The maximum absolute atomic E-state index is 11.8. The molecule has 2 rings (SSSR count). The van der Waals surface area contributed by atoms with E-state index in [9.17, 15) is 9.59 Å². The molecule has 1 aromatic heterocycles. The molecular formula is C16H16N2O3. The summed E-state index contributed by atoms with van der Waals surface area (Å²) in [5.74, 6) is -0.409. The van der Waals surface area contributed by atoms with Gasteiger partial charge in [-0.3, -0.25) is 9.59 Å². The molecule has 0 fully saturated rings. The lowest BCUT2D eigenvalue weighted by Crippen LogP contribution is -2.45. The molecule has 1 heterocycles. The Morgan fingerprint density at radius 1 is 1.19 bits per heavy atom. The number of nitrogens with one attached hydrogen (secondary N) is 1. The van der Waals surface area contributed by atoms with E-state index < -0.39 is 17.9 Å². The highest BCUT2D eigenvalue weighted by Gasteiger charge is 2.17. The van der Waals surface area contributed by atoms with Crippen molar-refractivity contribution in [1.82, 2.24) is 5.32 Å². The van der Waals surface area contributed by atoms with E-state index in [1.165, 1.54) is 18.4 Å². The Hall–Kier alpha value is -2.82. The van der Waals surface area contributed by atoms with Crippen molar-refractivity contribution in [2.45, 2.75) is 12.5 Å². The highest BCUT2D eigenvalue weighted by Crippen LogP contribution is 2.04. The second kappa shape index (κ2) is 7.09. The van der Waals surface area contributed by atoms with Crippen molar-refractivity contribution in [1.29, 1.82) is 0 Å². The number of amides is 2. The van der Waals surface area contributed by atoms with Crippen LogP contribution in [0.1, 0.15) is 11.3 Å². The number of nitrogens with two attached hydrogens (primary N) is 1. The van der Waals surface area contributed by atoms with E-state index in [-0.39, 0.29) is 0 Å². The summed E-state index contributed by atoms with van der Waals surface area (Å²) < 4.78 is 5.07. The summed E-state index contributed by atoms with van der Waals surface area (Å²) >= 11 is 0. The second-order valence-corrected chi connectivity index (χ2v) is 4.50. The number of carbonyl (C=O) groups excluding carboxylic acids is 2. The monoisotopic (exact) mass is 284 g/mol. The average Bonchev–Trinajstić information content (AvgIpc) is 2.99. The fourth-order valence-corrected chi connectivity index (χ4v) is 1.84. The van der Waals surface area contributed by atoms with Gasteiger partial charge in [0, 0.05) is 12.5 Å². The molecule has 0 bridgehead atoms. The lowest BCUT2D eigenvalue weighted by atomic mass is 10.1. The van der Waals surface area contributed by atoms with Crippen molar-refractivity contribution < 1.29 is 14.0 Å². The van der Waals surface area contributed by atoms with Crippen LogP contribution in [0.5, 0.6) is 0 Å². The van der Waals surface area contributed by atoms with E-state index in [1.54, 1.807) is 12.1 Å². The van der Waals surface area contributed by atoms with Crippen LogP contribution in [0.4, 0.5) is 0 Å². The Bertz CT molecular complexity index is 618. The number of rotatable bonds is 6. The molecule has 1 aromatic carbocycles. The highest BCUT2D eigenvalue weighted by molar-refractivity contribution is 5.95. The molecule has 0 aliphatic carbocycles. The van der Waals surface area contributed by atoms with Crippen LogP contribution >= 0.6 is 0 Å². The first-order valence-corrected chi connectivity index (χ1v) is 6.50. The Morgan fingerprint density at radius 2 is 1.95 bits per heavy atom. The predicted molar refractivity (Wildman–Crippen MR) is 79.0 cm³/mol. The summed E-state index contributed by atoms with van der Waals surface area (Å²) in [5.41, 5.74) is 6.25. The lowest BCUT2D eigenvalue weighted by Gasteiger charge is -2.14. The van der Waals surface area contributed by atoms with E-state index in [0.29, 0.717) is 12.2 Å². The lowest BCUT2D eigenvalue weighted by molar-refractivity contribution is -0.124. The van der Waals surface area contributed by atoms with Gasteiger partial charge < -0.3 is 15.5 Å². The molecule has 5 heteroatoms. The van der Waals surface area contributed by atoms with Crippen LogP contribution in [0.15, 0.2) is 59.2 Å². The maximum Gasteiger partial charge on any atom is 0.244 e. The molecule has 1 atom stereocenters. The van der Waals surface area contributed by atoms with Crippen molar-refractivity contribution in [3.63, 3.8) is 0 Å². The highest BCUT2D eigenvalue weighted by atomic mass is 16.3. The van der Waals surface area contributed by atoms with Gasteiger partial charge >= 0.3 is 0 Å². The van der Waals surface area contributed by atoms with Crippen molar-refractivity contribution in [2.24, 2.45) is 5.73 Å². The molecule has 0 aliphatic rings. The maximum atomic E-state index is 11.8. The Labute approximate surface area is 122 Å². The van der Waals surface area contributed by atoms with Crippen LogP contribution in [-0.2, 0) is 16.0 Å². The summed E-state index contributed by atoms with van der Waals surface area (Å²) in [6, 6.07) is 12.1. The van der Waals surface area contributed by atoms with E-state index in [2.05, 4.69) is 5.32 Å². The molecule has 0 unspecified atom stereocenters. The van der Waals surface area contributed by atoms with Crippen LogP contribution in [-0.4, -0.2) is 17.9 Å². The molecule has 2 aromatic rings. The molecule has 0 aliphatic heterocycles. The van der Waals surface area contributed by atoms with E-state index >= 15 is 0 Å². The summed E-state index contributed by atoms with van der Waals surface area (Å²) in [6.45, 7) is 0. The minimum atomic E-state index is -0.749. The van der Waals surface area contributed by atoms with Gasteiger partial charge in [-0.25, -0.2) is 0 Å². The molecule has 0 saturated heterocycles. The average molecular weight is 284 g/mol. The Morgan fingerprint density at radius 3 is 2.57 bits per heavy atom. The van der Waals surface area contributed by atoms with Crippen LogP contribution < -0.4 is 11.1 Å². The van der Waals surface area contributed by atoms with Crippen molar-refractivity contribution in [3.8, 4) is 0 Å². The normalized spacial score (nSPS) is 12.2. The van der Waals surface area contributed by atoms with Crippen LogP contribution in [0.2, 0.25) is 0 Å². The fraction of sp³-hybridized carbons (Fsp3) is 0.125. The SMILES string of the molecule is NC(=O)[C@H](Cc1ccccc1)NC(=O)/C=C/c1ccco1. The molecule has 21 heavy (non-hydrogen) atoms. The van der Waals surface area contributed by atoms with Crippen molar-refractivity contribution >= 4 is 17.9 Å². The van der Waals surface area contributed by atoms with E-state index in [0.717, 1.165) is 5.56 Å². The predicted octanol–water partition coefficient (Wildman–Crippen LogP) is 1.51. The molecule has 5 nitrogen and oxygen atoms in total. The minimum Gasteiger partial charge on any atom is -0.465 e. The van der Waals surface area contributed by atoms with Crippen LogP contribution in [0.3, 0.4) is 0 Å². The third-order valence-corrected chi connectivity index (χ3v) is 2.88. The van der Waals surface area contributed by atoms with E-state index in [1.807, 2.05) is 30.3 Å². The minimum absolute atomic E-state index is 0.358. The number of furan rings is 1. The van der Waals surface area contributed by atoms with Gasteiger partial charge in [-0.2, -0.15) is 0 Å². The fourth-order valence-electron chi connectivity index (χ4n) is 1.84. The molecule has 0 saturated carbocycles. The van der Waals surface area contributed by atoms with Crippen LogP contribution in [0.25, 0.3) is 6.08 Å². The third kappa shape index (κ3) is 4.65. The zero-order valence-electron chi connectivity index (χ0n) is 11.4. The Kier molecular flexibility index (Phi) is 4.93. The number of primary amides is 1. The first kappa shape index (κ1) is 14.6. The molecule has 0 radical (unpaired) electrons. The van der Waals surface area contributed by atoms with Gasteiger partial charge in [0.05, 0.1) is 6.26 Å². The number of hydrogen-bond acceptors (Lipinski definition) is 3. The summed E-state index contributed by atoms with van der Waals surface area (Å²) in [7, 11) is 0. The third-order valence-electron chi connectivity index (χ3n) is 2.88. The Balaban J connectivity index is 1.96. The molecule has 2 amide bonds. The van der Waals surface area contributed by atoms with Crippen molar-refractivity contribution in [3.05, 3.63) is 66.1 Å². The van der Waals surface area contributed by atoms with Crippen LogP contribution in [0, 0.1) is 0 Å². The van der Waals surface area contributed by atoms with Gasteiger partial charge in [0.2, 0.25) is 11.8 Å². The first-order valence-electron chi connectivity index (χ1n) is 6.50. The number of hydrogen-bond donors (Lipinski definition) is 2.